The Morgan fingerprint density at radius 2 is 1.97 bits per heavy atom. The van der Waals surface area contributed by atoms with E-state index in [1.165, 1.54) is 18.1 Å². The average Bonchev–Trinajstić information content (AvgIpc) is 3.47. The third kappa shape index (κ3) is 4.41. The van der Waals surface area contributed by atoms with Crippen LogP contribution >= 0.6 is 11.8 Å². The summed E-state index contributed by atoms with van der Waals surface area (Å²) in [5.41, 5.74) is 3.21. The molecule has 0 aliphatic heterocycles. The molecule has 8 nitrogen and oxygen atoms in total. The van der Waals surface area contributed by atoms with Crippen LogP contribution in [0.5, 0.6) is 0 Å². The zero-order valence-electron chi connectivity index (χ0n) is 16.6. The highest BCUT2D eigenvalue weighted by Crippen LogP contribution is 2.25. The zero-order valence-corrected chi connectivity index (χ0v) is 17.4. The first-order chi connectivity index (χ1) is 14.6. The lowest BCUT2D eigenvalue weighted by molar-refractivity contribution is 0.0946. The van der Waals surface area contributed by atoms with Gasteiger partial charge in [0.2, 0.25) is 0 Å². The van der Waals surface area contributed by atoms with Gasteiger partial charge < -0.3 is 9.73 Å². The number of thioether (sulfide) groups is 1. The summed E-state index contributed by atoms with van der Waals surface area (Å²) >= 11 is 1.41. The van der Waals surface area contributed by atoms with Crippen LogP contribution in [0.3, 0.4) is 0 Å². The van der Waals surface area contributed by atoms with Crippen LogP contribution in [0.1, 0.15) is 27.2 Å². The SMILES string of the molecule is CSc1nc(-c2ccco2)nc(C)c1C(=O)NCc1ccc(Cn2cncn2)cc1. The maximum Gasteiger partial charge on any atom is 0.256 e. The minimum Gasteiger partial charge on any atom is -0.461 e. The summed E-state index contributed by atoms with van der Waals surface area (Å²) in [5.74, 6) is 0.849. The molecule has 1 N–H and O–H groups in total. The van der Waals surface area contributed by atoms with Gasteiger partial charge in [0.15, 0.2) is 11.6 Å². The molecule has 4 rings (SSSR count). The van der Waals surface area contributed by atoms with Gasteiger partial charge in [-0.3, -0.25) is 4.79 Å². The summed E-state index contributed by atoms with van der Waals surface area (Å²) < 4.78 is 7.14. The molecule has 0 fully saturated rings. The number of amides is 1. The highest BCUT2D eigenvalue weighted by molar-refractivity contribution is 7.98. The number of aryl methyl sites for hydroxylation is 1. The van der Waals surface area contributed by atoms with E-state index in [9.17, 15) is 4.79 Å². The van der Waals surface area contributed by atoms with Crippen LogP contribution in [0.25, 0.3) is 11.6 Å². The number of hydrogen-bond donors (Lipinski definition) is 1. The fraction of sp³-hybridized carbons (Fsp3) is 0.190. The number of carbonyl (C=O) groups is 1. The van der Waals surface area contributed by atoms with Crippen LogP contribution in [0.2, 0.25) is 0 Å². The Morgan fingerprint density at radius 3 is 2.63 bits per heavy atom. The minimum atomic E-state index is -0.200. The van der Waals surface area contributed by atoms with Gasteiger partial charge in [0.05, 0.1) is 24.1 Å². The second-order valence-electron chi connectivity index (χ2n) is 6.59. The standard InChI is InChI=1S/C21H20N6O2S/c1-14-18(21(30-2)26-19(25-14)17-4-3-9-29-17)20(28)23-10-15-5-7-16(8-6-15)11-27-13-22-12-24-27/h3-9,12-13H,10-11H2,1-2H3,(H,23,28). The van der Waals surface area contributed by atoms with Gasteiger partial charge in [-0.1, -0.05) is 24.3 Å². The molecule has 0 aliphatic carbocycles. The van der Waals surface area contributed by atoms with Crippen molar-refractivity contribution in [1.82, 2.24) is 30.0 Å². The lowest BCUT2D eigenvalue weighted by Crippen LogP contribution is -2.25. The van der Waals surface area contributed by atoms with Gasteiger partial charge >= 0.3 is 0 Å². The van der Waals surface area contributed by atoms with E-state index in [-0.39, 0.29) is 5.91 Å². The first-order valence-corrected chi connectivity index (χ1v) is 10.5. The lowest BCUT2D eigenvalue weighted by Gasteiger charge is -2.12. The molecule has 0 aliphatic rings. The van der Waals surface area contributed by atoms with E-state index in [4.69, 9.17) is 4.42 Å². The average molecular weight is 420 g/mol. The third-order valence-electron chi connectivity index (χ3n) is 4.51. The van der Waals surface area contributed by atoms with Crippen molar-refractivity contribution in [3.63, 3.8) is 0 Å². The van der Waals surface area contributed by atoms with Crippen LogP contribution in [-0.2, 0) is 13.1 Å². The molecule has 3 heterocycles. The lowest BCUT2D eigenvalue weighted by atomic mass is 10.1. The first kappa shape index (κ1) is 19.8. The minimum absolute atomic E-state index is 0.200. The topological polar surface area (TPSA) is 98.7 Å². The maximum absolute atomic E-state index is 12.8. The number of nitrogens with zero attached hydrogens (tertiary/aromatic N) is 5. The van der Waals surface area contributed by atoms with Crippen LogP contribution in [0, 0.1) is 6.92 Å². The highest BCUT2D eigenvalue weighted by Gasteiger charge is 2.19. The monoisotopic (exact) mass is 420 g/mol. The predicted molar refractivity (Wildman–Crippen MR) is 113 cm³/mol. The van der Waals surface area contributed by atoms with Crippen molar-refractivity contribution in [1.29, 1.82) is 0 Å². The number of aromatic nitrogens is 5. The number of benzene rings is 1. The predicted octanol–water partition coefficient (Wildman–Crippen LogP) is 3.34. The molecular formula is C21H20N6O2S. The molecular weight excluding hydrogens is 400 g/mol. The van der Waals surface area contributed by atoms with Crippen LogP contribution in [-0.4, -0.2) is 36.9 Å². The Balaban J connectivity index is 1.45. The molecule has 0 atom stereocenters. The maximum atomic E-state index is 12.8. The van der Waals surface area contributed by atoms with Gasteiger partial charge in [0.1, 0.15) is 17.7 Å². The Morgan fingerprint density at radius 1 is 1.17 bits per heavy atom. The molecule has 0 bridgehead atoms. The van der Waals surface area contributed by atoms with Gasteiger partial charge in [-0.15, -0.1) is 11.8 Å². The summed E-state index contributed by atoms with van der Waals surface area (Å²) in [5, 5.41) is 7.69. The van der Waals surface area contributed by atoms with Gasteiger partial charge in [0.25, 0.3) is 5.91 Å². The van der Waals surface area contributed by atoms with Gasteiger partial charge in [0, 0.05) is 6.54 Å². The Bertz CT molecular complexity index is 1130. The van der Waals surface area contributed by atoms with E-state index < -0.39 is 0 Å². The Hall–Kier alpha value is -3.46. The number of furan rings is 1. The Labute approximate surface area is 177 Å². The summed E-state index contributed by atoms with van der Waals surface area (Å²) in [6.07, 6.45) is 6.65. The number of carbonyl (C=O) groups excluding carboxylic acids is 1. The molecule has 0 unspecified atom stereocenters. The first-order valence-electron chi connectivity index (χ1n) is 9.29. The number of nitrogens with one attached hydrogen (secondary N) is 1. The molecule has 3 aromatic heterocycles. The molecule has 4 aromatic rings. The molecule has 30 heavy (non-hydrogen) atoms. The van der Waals surface area contributed by atoms with E-state index in [0.29, 0.717) is 41.0 Å². The summed E-state index contributed by atoms with van der Waals surface area (Å²) in [6.45, 7) is 2.87. The zero-order chi connectivity index (χ0) is 20.9. The van der Waals surface area contributed by atoms with E-state index in [0.717, 1.165) is 11.1 Å². The fourth-order valence-corrected chi connectivity index (χ4v) is 3.63. The summed E-state index contributed by atoms with van der Waals surface area (Å²) in [4.78, 5) is 25.7. The van der Waals surface area contributed by atoms with Crippen molar-refractivity contribution in [2.45, 2.75) is 25.0 Å². The highest BCUT2D eigenvalue weighted by atomic mass is 32.2. The van der Waals surface area contributed by atoms with E-state index in [2.05, 4.69) is 25.4 Å². The van der Waals surface area contributed by atoms with E-state index in [1.807, 2.05) is 37.4 Å². The van der Waals surface area contributed by atoms with Gasteiger partial charge in [-0.2, -0.15) is 5.10 Å². The van der Waals surface area contributed by atoms with Gasteiger partial charge in [-0.05, 0) is 36.4 Å². The summed E-state index contributed by atoms with van der Waals surface area (Å²) in [6, 6.07) is 11.6. The van der Waals surface area contributed by atoms with Crippen molar-refractivity contribution in [2.75, 3.05) is 6.26 Å². The largest absolute Gasteiger partial charge is 0.461 e. The van der Waals surface area contributed by atoms with Gasteiger partial charge in [-0.25, -0.2) is 19.6 Å². The normalized spacial score (nSPS) is 10.9. The smallest absolute Gasteiger partial charge is 0.256 e. The van der Waals surface area contributed by atoms with Crippen LogP contribution in [0.4, 0.5) is 0 Å². The quantitative estimate of drug-likeness (QED) is 0.362. The molecule has 1 amide bonds. The van der Waals surface area contributed by atoms with Crippen molar-refractivity contribution in [3.05, 3.63) is 77.7 Å². The molecule has 0 spiro atoms. The second kappa shape index (κ2) is 8.91. The number of hydrogen-bond acceptors (Lipinski definition) is 7. The molecule has 152 valence electrons. The Kier molecular flexibility index (Phi) is 5.89. The molecule has 9 heteroatoms. The van der Waals surface area contributed by atoms with Crippen molar-refractivity contribution >= 4 is 17.7 Å². The van der Waals surface area contributed by atoms with E-state index >= 15 is 0 Å². The van der Waals surface area contributed by atoms with Crippen molar-refractivity contribution in [2.24, 2.45) is 0 Å². The molecule has 0 saturated carbocycles. The van der Waals surface area contributed by atoms with Crippen LogP contribution < -0.4 is 5.32 Å². The molecule has 0 saturated heterocycles. The molecule has 0 radical (unpaired) electrons. The van der Waals surface area contributed by atoms with Crippen molar-refractivity contribution < 1.29 is 9.21 Å². The molecule has 1 aromatic carbocycles. The van der Waals surface area contributed by atoms with Crippen LogP contribution in [0.15, 0.2) is 64.8 Å². The third-order valence-corrected chi connectivity index (χ3v) is 5.19. The summed E-state index contributed by atoms with van der Waals surface area (Å²) in [7, 11) is 0. The fourth-order valence-electron chi connectivity index (χ4n) is 3.01. The van der Waals surface area contributed by atoms with Crippen molar-refractivity contribution in [3.8, 4) is 11.6 Å². The second-order valence-corrected chi connectivity index (χ2v) is 7.38. The van der Waals surface area contributed by atoms with E-state index in [1.54, 1.807) is 29.4 Å². The number of rotatable bonds is 7.